The summed E-state index contributed by atoms with van der Waals surface area (Å²) in [4.78, 5) is 0. The zero-order valence-electron chi connectivity index (χ0n) is 8.10. The molecular formula is C11H11BrF2O. The Kier molecular flexibility index (Phi) is 3.24. The van der Waals surface area contributed by atoms with E-state index in [9.17, 15) is 8.78 Å². The van der Waals surface area contributed by atoms with Crippen LogP contribution in [0, 0.1) is 17.6 Å². The lowest BCUT2D eigenvalue weighted by molar-refractivity contribution is 0.296. The van der Waals surface area contributed by atoms with Crippen molar-refractivity contribution in [3.8, 4) is 5.75 Å². The van der Waals surface area contributed by atoms with Crippen LogP contribution in [0.15, 0.2) is 12.1 Å². The third kappa shape index (κ3) is 2.68. The van der Waals surface area contributed by atoms with Crippen LogP contribution in [-0.4, -0.2) is 6.61 Å². The Morgan fingerprint density at radius 1 is 1.27 bits per heavy atom. The van der Waals surface area contributed by atoms with Gasteiger partial charge >= 0.3 is 0 Å². The molecule has 0 unspecified atom stereocenters. The van der Waals surface area contributed by atoms with E-state index in [1.165, 1.54) is 12.1 Å². The maximum atomic E-state index is 13.3. The Morgan fingerprint density at radius 2 is 1.87 bits per heavy atom. The van der Waals surface area contributed by atoms with Gasteiger partial charge in [0.2, 0.25) is 0 Å². The second-order valence-corrected chi connectivity index (χ2v) is 4.31. The molecule has 82 valence electrons. The number of alkyl halides is 1. The molecule has 0 amide bonds. The van der Waals surface area contributed by atoms with E-state index < -0.39 is 11.6 Å². The molecule has 1 aliphatic carbocycles. The minimum atomic E-state index is -0.558. The molecule has 15 heavy (non-hydrogen) atoms. The molecule has 4 heteroatoms. The standard InChI is InChI=1S/C11H11BrF2O/c12-5-9-10(13)3-8(4-11(9)14)15-6-7-1-2-7/h3-4,7H,1-2,5-6H2. The van der Waals surface area contributed by atoms with Gasteiger partial charge in [-0.25, -0.2) is 8.78 Å². The van der Waals surface area contributed by atoms with Gasteiger partial charge < -0.3 is 4.74 Å². The first-order valence-corrected chi connectivity index (χ1v) is 5.99. The Labute approximate surface area is 95.6 Å². The number of hydrogen-bond donors (Lipinski definition) is 0. The lowest BCUT2D eigenvalue weighted by atomic mass is 10.2. The molecule has 0 aliphatic heterocycles. The first kappa shape index (κ1) is 10.9. The van der Waals surface area contributed by atoms with Crippen LogP contribution in [-0.2, 0) is 5.33 Å². The monoisotopic (exact) mass is 276 g/mol. The molecule has 0 N–H and O–H groups in total. The predicted octanol–water partition coefficient (Wildman–Crippen LogP) is 3.65. The maximum Gasteiger partial charge on any atom is 0.133 e. The largest absolute Gasteiger partial charge is 0.493 e. The third-order valence-corrected chi connectivity index (χ3v) is 2.99. The highest BCUT2D eigenvalue weighted by Gasteiger charge is 2.22. The smallest absolute Gasteiger partial charge is 0.133 e. The molecule has 0 aromatic heterocycles. The summed E-state index contributed by atoms with van der Waals surface area (Å²) in [5.41, 5.74) is 0.0498. The Hall–Kier alpha value is -0.640. The van der Waals surface area contributed by atoms with Crippen LogP contribution >= 0.6 is 15.9 Å². The van der Waals surface area contributed by atoms with E-state index in [0.29, 0.717) is 12.5 Å². The average molecular weight is 277 g/mol. The van der Waals surface area contributed by atoms with Crippen molar-refractivity contribution in [1.29, 1.82) is 0 Å². The first-order chi connectivity index (χ1) is 7.20. The second-order valence-electron chi connectivity index (χ2n) is 3.75. The molecule has 0 atom stereocenters. The van der Waals surface area contributed by atoms with Gasteiger partial charge in [-0.15, -0.1) is 0 Å². The zero-order valence-corrected chi connectivity index (χ0v) is 9.69. The normalized spacial score (nSPS) is 15.4. The molecule has 1 aliphatic rings. The van der Waals surface area contributed by atoms with E-state index in [2.05, 4.69) is 15.9 Å². The van der Waals surface area contributed by atoms with Gasteiger partial charge in [0.05, 0.1) is 6.61 Å². The highest BCUT2D eigenvalue weighted by molar-refractivity contribution is 9.08. The molecule has 1 fully saturated rings. The van der Waals surface area contributed by atoms with Crippen LogP contribution in [0.2, 0.25) is 0 Å². The van der Waals surface area contributed by atoms with E-state index in [0.717, 1.165) is 12.8 Å². The molecule has 1 saturated carbocycles. The molecule has 2 rings (SSSR count). The van der Waals surface area contributed by atoms with Crippen molar-refractivity contribution in [3.63, 3.8) is 0 Å². The minimum Gasteiger partial charge on any atom is -0.493 e. The lowest BCUT2D eigenvalue weighted by Crippen LogP contribution is -2.01. The topological polar surface area (TPSA) is 9.23 Å². The average Bonchev–Trinajstić information content (AvgIpc) is 2.97. The summed E-state index contributed by atoms with van der Waals surface area (Å²) in [6.07, 6.45) is 2.31. The van der Waals surface area contributed by atoms with E-state index >= 15 is 0 Å². The van der Waals surface area contributed by atoms with Crippen molar-refractivity contribution >= 4 is 15.9 Å². The fourth-order valence-electron chi connectivity index (χ4n) is 1.29. The van der Waals surface area contributed by atoms with Gasteiger partial charge in [0.15, 0.2) is 0 Å². The van der Waals surface area contributed by atoms with Crippen LogP contribution in [0.3, 0.4) is 0 Å². The van der Waals surface area contributed by atoms with E-state index in [1.807, 2.05) is 0 Å². The summed E-state index contributed by atoms with van der Waals surface area (Å²) in [5.74, 6) is -0.260. The Morgan fingerprint density at radius 3 is 2.33 bits per heavy atom. The highest BCUT2D eigenvalue weighted by atomic mass is 79.9. The van der Waals surface area contributed by atoms with E-state index in [4.69, 9.17) is 4.74 Å². The van der Waals surface area contributed by atoms with Crippen LogP contribution in [0.25, 0.3) is 0 Å². The van der Waals surface area contributed by atoms with Crippen LogP contribution in [0.4, 0.5) is 8.78 Å². The molecule has 0 radical (unpaired) electrons. The Balaban J connectivity index is 2.10. The van der Waals surface area contributed by atoms with Crippen LogP contribution < -0.4 is 4.74 Å². The highest BCUT2D eigenvalue weighted by Crippen LogP contribution is 2.30. The molecule has 0 bridgehead atoms. The van der Waals surface area contributed by atoms with Crippen molar-refractivity contribution in [2.24, 2.45) is 5.92 Å². The number of benzene rings is 1. The number of rotatable bonds is 4. The summed E-state index contributed by atoms with van der Waals surface area (Å²) < 4.78 is 31.9. The molecule has 0 saturated heterocycles. The molecule has 0 spiro atoms. The van der Waals surface area contributed by atoms with E-state index in [1.54, 1.807) is 0 Å². The van der Waals surface area contributed by atoms with Crippen molar-refractivity contribution in [3.05, 3.63) is 29.3 Å². The van der Waals surface area contributed by atoms with Gasteiger partial charge in [0.25, 0.3) is 0 Å². The fourth-order valence-corrected chi connectivity index (χ4v) is 1.83. The van der Waals surface area contributed by atoms with E-state index in [-0.39, 0.29) is 16.6 Å². The lowest BCUT2D eigenvalue weighted by Gasteiger charge is -2.07. The predicted molar refractivity (Wildman–Crippen MR) is 57.2 cm³/mol. The van der Waals surface area contributed by atoms with Gasteiger partial charge in [0.1, 0.15) is 17.4 Å². The van der Waals surface area contributed by atoms with Crippen molar-refractivity contribution in [2.45, 2.75) is 18.2 Å². The second kappa shape index (κ2) is 4.47. The van der Waals surface area contributed by atoms with Gasteiger partial charge in [0, 0.05) is 23.0 Å². The summed E-state index contributed by atoms with van der Waals surface area (Å²) >= 11 is 3.04. The molecule has 1 nitrogen and oxygen atoms in total. The number of hydrogen-bond acceptors (Lipinski definition) is 1. The zero-order chi connectivity index (χ0) is 10.8. The molecule has 0 heterocycles. The van der Waals surface area contributed by atoms with Gasteiger partial charge in [-0.05, 0) is 18.8 Å². The SMILES string of the molecule is Fc1cc(OCC2CC2)cc(F)c1CBr. The Bertz CT molecular complexity index is 341. The molecule has 1 aromatic rings. The van der Waals surface area contributed by atoms with Crippen LogP contribution in [0.1, 0.15) is 18.4 Å². The van der Waals surface area contributed by atoms with Crippen LogP contribution in [0.5, 0.6) is 5.75 Å². The first-order valence-electron chi connectivity index (χ1n) is 4.87. The fraction of sp³-hybridized carbons (Fsp3) is 0.455. The third-order valence-electron chi connectivity index (χ3n) is 2.43. The quantitative estimate of drug-likeness (QED) is 0.763. The van der Waals surface area contributed by atoms with Crippen molar-refractivity contribution < 1.29 is 13.5 Å². The van der Waals surface area contributed by atoms with Crippen molar-refractivity contribution in [1.82, 2.24) is 0 Å². The summed E-state index contributed by atoms with van der Waals surface area (Å²) in [5, 5.41) is 0.174. The van der Waals surface area contributed by atoms with Gasteiger partial charge in [-0.1, -0.05) is 15.9 Å². The van der Waals surface area contributed by atoms with Gasteiger partial charge in [-0.2, -0.15) is 0 Å². The van der Waals surface area contributed by atoms with Crippen molar-refractivity contribution in [2.75, 3.05) is 6.61 Å². The summed E-state index contributed by atoms with van der Waals surface area (Å²) in [7, 11) is 0. The minimum absolute atomic E-state index is 0.0498. The summed E-state index contributed by atoms with van der Waals surface area (Å²) in [6.45, 7) is 0.562. The number of halogens is 3. The molecular weight excluding hydrogens is 266 g/mol. The maximum absolute atomic E-state index is 13.3. The van der Waals surface area contributed by atoms with Gasteiger partial charge in [-0.3, -0.25) is 0 Å². The molecule has 1 aromatic carbocycles. The number of ether oxygens (including phenoxy) is 1. The summed E-state index contributed by atoms with van der Waals surface area (Å²) in [6, 6.07) is 2.48.